The summed E-state index contributed by atoms with van der Waals surface area (Å²) in [6, 6.07) is 7.12. The van der Waals surface area contributed by atoms with Gasteiger partial charge >= 0.3 is 0 Å². The van der Waals surface area contributed by atoms with Crippen molar-refractivity contribution in [2.75, 3.05) is 0 Å². The van der Waals surface area contributed by atoms with Gasteiger partial charge in [0.2, 0.25) is 0 Å². The van der Waals surface area contributed by atoms with Crippen molar-refractivity contribution in [3.05, 3.63) is 30.1 Å². The van der Waals surface area contributed by atoms with Gasteiger partial charge in [0.1, 0.15) is 10.7 Å². The second kappa shape index (κ2) is 4.11. The molecule has 90 valence electrons. The van der Waals surface area contributed by atoms with Crippen LogP contribution in [0.2, 0.25) is 0 Å². The van der Waals surface area contributed by atoms with Crippen LogP contribution in [0.1, 0.15) is 25.7 Å². The Morgan fingerprint density at radius 2 is 1.82 bits per heavy atom. The number of nitrogens with zero attached hydrogens (tertiary/aromatic N) is 1. The molecular formula is C12H12FNO2S. The first-order chi connectivity index (χ1) is 8.03. The topological polar surface area (TPSA) is 57.9 Å². The smallest absolute Gasteiger partial charge is 0.200 e. The molecule has 0 aliphatic heterocycles. The number of hydrogen-bond donors (Lipinski definition) is 0. The summed E-state index contributed by atoms with van der Waals surface area (Å²) in [4.78, 5) is -0.358. The molecule has 1 aliphatic carbocycles. The van der Waals surface area contributed by atoms with Gasteiger partial charge in [-0.3, -0.25) is 0 Å². The van der Waals surface area contributed by atoms with Gasteiger partial charge in [-0.1, -0.05) is 25.0 Å². The zero-order valence-electron chi connectivity index (χ0n) is 9.19. The number of nitriles is 1. The summed E-state index contributed by atoms with van der Waals surface area (Å²) in [7, 11) is -3.92. The van der Waals surface area contributed by atoms with Crippen LogP contribution in [0.5, 0.6) is 0 Å². The van der Waals surface area contributed by atoms with Crippen molar-refractivity contribution in [1.82, 2.24) is 0 Å². The molecule has 0 atom stereocenters. The van der Waals surface area contributed by atoms with E-state index in [1.165, 1.54) is 18.2 Å². The van der Waals surface area contributed by atoms with Gasteiger partial charge in [-0.25, -0.2) is 12.8 Å². The average Bonchev–Trinajstić information content (AvgIpc) is 2.79. The van der Waals surface area contributed by atoms with E-state index in [0.29, 0.717) is 25.7 Å². The van der Waals surface area contributed by atoms with Gasteiger partial charge in [-0.15, -0.1) is 0 Å². The van der Waals surface area contributed by atoms with Gasteiger partial charge in [0, 0.05) is 0 Å². The molecular weight excluding hydrogens is 241 g/mol. The third kappa shape index (κ3) is 1.73. The molecule has 2 rings (SSSR count). The molecule has 0 unspecified atom stereocenters. The van der Waals surface area contributed by atoms with Gasteiger partial charge in [-0.2, -0.15) is 5.26 Å². The number of rotatable bonds is 2. The maximum absolute atomic E-state index is 13.6. The first-order valence-corrected chi connectivity index (χ1v) is 6.92. The Kier molecular flexibility index (Phi) is 2.92. The van der Waals surface area contributed by atoms with Crippen LogP contribution in [0.15, 0.2) is 29.2 Å². The van der Waals surface area contributed by atoms with E-state index >= 15 is 0 Å². The molecule has 0 aromatic heterocycles. The van der Waals surface area contributed by atoms with E-state index in [1.54, 1.807) is 0 Å². The molecule has 1 fully saturated rings. The quantitative estimate of drug-likeness (QED) is 0.813. The van der Waals surface area contributed by atoms with Crippen LogP contribution in [0.3, 0.4) is 0 Å². The zero-order valence-corrected chi connectivity index (χ0v) is 10.0. The molecule has 0 N–H and O–H groups in total. The lowest BCUT2D eigenvalue weighted by Gasteiger charge is -2.20. The summed E-state index contributed by atoms with van der Waals surface area (Å²) in [6.45, 7) is 0. The van der Waals surface area contributed by atoms with Crippen molar-refractivity contribution in [3.63, 3.8) is 0 Å². The van der Waals surface area contributed by atoms with E-state index in [4.69, 9.17) is 5.26 Å². The fourth-order valence-corrected chi connectivity index (χ4v) is 4.21. The van der Waals surface area contributed by atoms with E-state index in [-0.39, 0.29) is 4.90 Å². The van der Waals surface area contributed by atoms with Gasteiger partial charge in [0.25, 0.3) is 0 Å². The Bertz CT molecular complexity index is 568. The molecule has 0 amide bonds. The molecule has 0 saturated heterocycles. The minimum atomic E-state index is -3.92. The van der Waals surface area contributed by atoms with Crippen molar-refractivity contribution in [2.24, 2.45) is 0 Å². The average molecular weight is 253 g/mol. The third-order valence-corrected chi connectivity index (χ3v) is 5.69. The SMILES string of the molecule is N#CC1(S(=O)(=O)c2ccccc2F)CCCC1. The lowest BCUT2D eigenvalue weighted by Crippen LogP contribution is -2.34. The van der Waals surface area contributed by atoms with Crippen molar-refractivity contribution >= 4 is 9.84 Å². The van der Waals surface area contributed by atoms with Gasteiger partial charge in [0.05, 0.1) is 6.07 Å². The predicted octanol–water partition coefficient (Wildman–Crippen LogP) is 2.44. The molecule has 1 saturated carbocycles. The molecule has 0 radical (unpaired) electrons. The van der Waals surface area contributed by atoms with Crippen LogP contribution < -0.4 is 0 Å². The maximum atomic E-state index is 13.6. The molecule has 0 spiro atoms. The Morgan fingerprint density at radius 1 is 1.24 bits per heavy atom. The molecule has 0 bridgehead atoms. The molecule has 5 heteroatoms. The normalized spacial score (nSPS) is 18.8. The molecule has 1 aliphatic rings. The summed E-state index contributed by atoms with van der Waals surface area (Å²) < 4.78 is 36.8. The summed E-state index contributed by atoms with van der Waals surface area (Å²) in [6.07, 6.45) is 1.98. The van der Waals surface area contributed by atoms with Crippen molar-refractivity contribution < 1.29 is 12.8 Å². The summed E-state index contributed by atoms with van der Waals surface area (Å²) in [5.41, 5.74) is 0. The highest BCUT2D eigenvalue weighted by atomic mass is 32.2. The summed E-state index contributed by atoms with van der Waals surface area (Å²) in [5, 5.41) is 9.15. The number of halogens is 1. The second-order valence-electron chi connectivity index (χ2n) is 4.25. The van der Waals surface area contributed by atoms with E-state index in [9.17, 15) is 12.8 Å². The van der Waals surface area contributed by atoms with Crippen molar-refractivity contribution in [1.29, 1.82) is 5.26 Å². The number of benzene rings is 1. The Labute approximate surface area is 99.8 Å². The minimum Gasteiger partial charge on any atom is -0.222 e. The number of sulfone groups is 1. The van der Waals surface area contributed by atoms with E-state index in [0.717, 1.165) is 6.07 Å². The van der Waals surface area contributed by atoms with E-state index in [1.807, 2.05) is 6.07 Å². The fraction of sp³-hybridized carbons (Fsp3) is 0.417. The Balaban J connectivity index is 2.58. The van der Waals surface area contributed by atoms with Crippen LogP contribution in [0.25, 0.3) is 0 Å². The largest absolute Gasteiger partial charge is 0.222 e. The highest BCUT2D eigenvalue weighted by Gasteiger charge is 2.48. The van der Waals surface area contributed by atoms with Crippen LogP contribution in [0, 0.1) is 17.1 Å². The van der Waals surface area contributed by atoms with Crippen LogP contribution in [-0.2, 0) is 9.84 Å². The highest BCUT2D eigenvalue weighted by molar-refractivity contribution is 7.93. The van der Waals surface area contributed by atoms with Gasteiger partial charge < -0.3 is 0 Å². The Hall–Kier alpha value is -1.41. The zero-order chi connectivity index (χ0) is 12.5. The highest BCUT2D eigenvalue weighted by Crippen LogP contribution is 2.40. The molecule has 3 nitrogen and oxygen atoms in total. The fourth-order valence-electron chi connectivity index (χ4n) is 2.26. The number of hydrogen-bond acceptors (Lipinski definition) is 3. The van der Waals surface area contributed by atoms with Crippen LogP contribution in [-0.4, -0.2) is 13.2 Å². The van der Waals surface area contributed by atoms with Crippen molar-refractivity contribution in [2.45, 2.75) is 35.3 Å². The third-order valence-electron chi connectivity index (χ3n) is 3.26. The molecule has 17 heavy (non-hydrogen) atoms. The van der Waals surface area contributed by atoms with Crippen LogP contribution >= 0.6 is 0 Å². The monoisotopic (exact) mass is 253 g/mol. The first kappa shape index (κ1) is 12.1. The second-order valence-corrected chi connectivity index (χ2v) is 6.48. The van der Waals surface area contributed by atoms with Gasteiger partial charge in [-0.05, 0) is 25.0 Å². The van der Waals surface area contributed by atoms with Crippen molar-refractivity contribution in [3.8, 4) is 6.07 Å². The lowest BCUT2D eigenvalue weighted by atomic mass is 10.1. The summed E-state index contributed by atoms with van der Waals surface area (Å²) in [5.74, 6) is -0.783. The van der Waals surface area contributed by atoms with Gasteiger partial charge in [0.15, 0.2) is 14.6 Å². The molecule has 1 aromatic rings. The molecule has 1 aromatic carbocycles. The van der Waals surface area contributed by atoms with E-state index < -0.39 is 20.4 Å². The Morgan fingerprint density at radius 3 is 2.35 bits per heavy atom. The molecule has 0 heterocycles. The lowest BCUT2D eigenvalue weighted by molar-refractivity contribution is 0.539. The predicted molar refractivity (Wildman–Crippen MR) is 60.4 cm³/mol. The maximum Gasteiger partial charge on any atom is 0.200 e. The minimum absolute atomic E-state index is 0.292. The van der Waals surface area contributed by atoms with Crippen LogP contribution in [0.4, 0.5) is 4.39 Å². The summed E-state index contributed by atoms with van der Waals surface area (Å²) >= 11 is 0. The first-order valence-electron chi connectivity index (χ1n) is 5.44. The van der Waals surface area contributed by atoms with E-state index in [2.05, 4.69) is 0 Å². The standard InChI is InChI=1S/C12H12FNO2S/c13-10-5-1-2-6-11(10)17(15,16)12(9-14)7-3-4-8-12/h1-2,5-6H,3-4,7-8H2.